The van der Waals surface area contributed by atoms with Crippen LogP contribution >= 0.6 is 0 Å². The second-order valence-corrected chi connectivity index (χ2v) is 5.67. The summed E-state index contributed by atoms with van der Waals surface area (Å²) in [6.45, 7) is 4.86. The summed E-state index contributed by atoms with van der Waals surface area (Å²) < 4.78 is 28.6. The number of hydrogen-bond donors (Lipinski definition) is 1. The van der Waals surface area contributed by atoms with E-state index < -0.39 is 6.61 Å². The van der Waals surface area contributed by atoms with Crippen LogP contribution in [0.4, 0.5) is 8.78 Å². The van der Waals surface area contributed by atoms with Gasteiger partial charge in [0.25, 0.3) is 0 Å². The first-order valence-corrected chi connectivity index (χ1v) is 7.58. The Morgan fingerprint density at radius 2 is 1.76 bits per heavy atom. The van der Waals surface area contributed by atoms with Crippen molar-refractivity contribution in [1.29, 1.82) is 0 Å². The van der Waals surface area contributed by atoms with Crippen LogP contribution in [0.1, 0.15) is 38.3 Å². The Labute approximate surface area is 125 Å². The van der Waals surface area contributed by atoms with Crippen molar-refractivity contribution in [2.45, 2.75) is 45.4 Å². The Bertz CT molecular complexity index is 419. The largest absolute Gasteiger partial charge is 0.435 e. The van der Waals surface area contributed by atoms with Crippen molar-refractivity contribution in [3.05, 3.63) is 29.8 Å². The van der Waals surface area contributed by atoms with Gasteiger partial charge in [-0.2, -0.15) is 8.78 Å². The highest BCUT2D eigenvalue weighted by atomic mass is 19.3. The fourth-order valence-corrected chi connectivity index (χ4v) is 2.71. The molecule has 2 unspecified atom stereocenters. The van der Waals surface area contributed by atoms with E-state index in [1.165, 1.54) is 25.9 Å². The van der Waals surface area contributed by atoms with Gasteiger partial charge in [-0.15, -0.1) is 0 Å². The molecule has 0 aromatic heterocycles. The van der Waals surface area contributed by atoms with Gasteiger partial charge in [0, 0.05) is 18.6 Å². The van der Waals surface area contributed by atoms with Crippen molar-refractivity contribution in [2.75, 3.05) is 19.6 Å². The van der Waals surface area contributed by atoms with Crippen molar-refractivity contribution in [1.82, 2.24) is 10.2 Å². The van der Waals surface area contributed by atoms with Crippen LogP contribution in [0, 0.1) is 0 Å². The minimum atomic E-state index is -2.77. The lowest BCUT2D eigenvalue weighted by Crippen LogP contribution is -2.39. The first kappa shape index (κ1) is 16.2. The Hall–Kier alpha value is -1.20. The van der Waals surface area contributed by atoms with Crippen molar-refractivity contribution in [2.24, 2.45) is 0 Å². The van der Waals surface area contributed by atoms with E-state index in [1.807, 2.05) is 12.1 Å². The molecular formula is C16H24F2N2O. The second kappa shape index (κ2) is 7.71. The summed E-state index contributed by atoms with van der Waals surface area (Å²) in [4.78, 5) is 2.50. The quantitative estimate of drug-likeness (QED) is 0.835. The molecule has 118 valence electrons. The van der Waals surface area contributed by atoms with Gasteiger partial charge in [0.05, 0.1) is 0 Å². The van der Waals surface area contributed by atoms with E-state index in [1.54, 1.807) is 12.1 Å². The fourth-order valence-electron chi connectivity index (χ4n) is 2.71. The van der Waals surface area contributed by atoms with E-state index >= 15 is 0 Å². The zero-order valence-electron chi connectivity index (χ0n) is 12.7. The molecule has 1 aromatic rings. The lowest BCUT2D eigenvalue weighted by Gasteiger charge is -2.26. The molecule has 1 aliphatic rings. The molecular weight excluding hydrogens is 274 g/mol. The average Bonchev–Trinajstić information content (AvgIpc) is 2.99. The van der Waals surface area contributed by atoms with Crippen LogP contribution in [0.25, 0.3) is 0 Å². The number of rotatable bonds is 7. The maximum absolute atomic E-state index is 12.1. The molecule has 0 radical (unpaired) electrons. The molecule has 21 heavy (non-hydrogen) atoms. The third kappa shape index (κ3) is 4.93. The van der Waals surface area contributed by atoms with Gasteiger partial charge in [-0.3, -0.25) is 4.90 Å². The molecule has 2 atom stereocenters. The highest BCUT2D eigenvalue weighted by Crippen LogP contribution is 2.19. The van der Waals surface area contributed by atoms with Gasteiger partial charge in [0.2, 0.25) is 0 Å². The molecule has 0 saturated carbocycles. The molecule has 1 aromatic carbocycles. The fraction of sp³-hybridized carbons (Fsp3) is 0.625. The molecule has 0 bridgehead atoms. The van der Waals surface area contributed by atoms with Crippen LogP contribution < -0.4 is 10.1 Å². The topological polar surface area (TPSA) is 24.5 Å². The smallest absolute Gasteiger partial charge is 0.387 e. The van der Waals surface area contributed by atoms with Gasteiger partial charge in [-0.05, 0) is 57.5 Å². The van der Waals surface area contributed by atoms with Crippen molar-refractivity contribution in [3.63, 3.8) is 0 Å². The van der Waals surface area contributed by atoms with E-state index in [0.29, 0.717) is 6.04 Å². The molecule has 1 aliphatic heterocycles. The maximum atomic E-state index is 12.1. The summed E-state index contributed by atoms with van der Waals surface area (Å²) in [5.74, 6) is 0.200. The van der Waals surface area contributed by atoms with E-state index in [4.69, 9.17) is 0 Å². The number of hydrogen-bond acceptors (Lipinski definition) is 3. The zero-order chi connectivity index (χ0) is 15.2. The van der Waals surface area contributed by atoms with Gasteiger partial charge >= 0.3 is 6.61 Å². The number of halogens is 2. The van der Waals surface area contributed by atoms with E-state index in [9.17, 15) is 8.78 Å². The van der Waals surface area contributed by atoms with Crippen LogP contribution in [0.15, 0.2) is 24.3 Å². The molecule has 5 heteroatoms. The SMILES string of the molecule is CC(NCC(C)N1CCCC1)c1ccc(OC(F)F)cc1. The molecule has 0 amide bonds. The van der Waals surface area contributed by atoms with Crippen LogP contribution in [-0.4, -0.2) is 37.2 Å². The Kier molecular flexibility index (Phi) is 5.94. The highest BCUT2D eigenvalue weighted by molar-refractivity contribution is 5.28. The summed E-state index contributed by atoms with van der Waals surface area (Å²) in [6, 6.07) is 7.55. The first-order valence-electron chi connectivity index (χ1n) is 7.58. The molecule has 3 nitrogen and oxygen atoms in total. The van der Waals surface area contributed by atoms with Gasteiger partial charge in [-0.1, -0.05) is 12.1 Å². The summed E-state index contributed by atoms with van der Waals surface area (Å²) >= 11 is 0. The summed E-state index contributed by atoms with van der Waals surface area (Å²) in [6.07, 6.45) is 2.59. The third-order valence-corrected chi connectivity index (χ3v) is 4.09. The predicted octanol–water partition coefficient (Wildman–Crippen LogP) is 3.42. The van der Waals surface area contributed by atoms with Crippen LogP contribution in [-0.2, 0) is 0 Å². The standard InChI is InChI=1S/C16H24F2N2O/c1-12(20-9-3-4-10-20)11-19-13(2)14-5-7-15(8-6-14)21-16(17)18/h5-8,12-13,16,19H,3-4,9-11H2,1-2H3. The first-order chi connectivity index (χ1) is 10.1. The summed E-state index contributed by atoms with van der Waals surface area (Å²) in [7, 11) is 0. The molecule has 1 N–H and O–H groups in total. The van der Waals surface area contributed by atoms with Gasteiger partial charge in [0.15, 0.2) is 0 Å². The normalized spacial score (nSPS) is 18.9. The predicted molar refractivity (Wildman–Crippen MR) is 79.8 cm³/mol. The second-order valence-electron chi connectivity index (χ2n) is 5.67. The molecule has 1 fully saturated rings. The van der Waals surface area contributed by atoms with Crippen LogP contribution in [0.3, 0.4) is 0 Å². The Morgan fingerprint density at radius 3 is 2.33 bits per heavy atom. The molecule has 1 heterocycles. The molecule has 1 saturated heterocycles. The number of alkyl halides is 2. The maximum Gasteiger partial charge on any atom is 0.387 e. The Balaban J connectivity index is 1.80. The molecule has 2 rings (SSSR count). The van der Waals surface area contributed by atoms with Crippen molar-refractivity contribution in [3.8, 4) is 5.75 Å². The minimum absolute atomic E-state index is 0.190. The highest BCUT2D eigenvalue weighted by Gasteiger charge is 2.18. The van der Waals surface area contributed by atoms with E-state index in [-0.39, 0.29) is 11.8 Å². The zero-order valence-corrected chi connectivity index (χ0v) is 12.7. The molecule has 0 spiro atoms. The third-order valence-electron chi connectivity index (χ3n) is 4.09. The number of likely N-dealkylation sites (tertiary alicyclic amines) is 1. The van der Waals surface area contributed by atoms with Crippen molar-refractivity contribution < 1.29 is 13.5 Å². The number of nitrogens with one attached hydrogen (secondary N) is 1. The van der Waals surface area contributed by atoms with E-state index in [0.717, 1.165) is 12.1 Å². The Morgan fingerprint density at radius 1 is 1.14 bits per heavy atom. The number of nitrogens with zero attached hydrogens (tertiary/aromatic N) is 1. The average molecular weight is 298 g/mol. The van der Waals surface area contributed by atoms with Gasteiger partial charge in [0.1, 0.15) is 5.75 Å². The number of ether oxygens (including phenoxy) is 1. The summed E-state index contributed by atoms with van der Waals surface area (Å²) in [5, 5.41) is 3.51. The van der Waals surface area contributed by atoms with Crippen molar-refractivity contribution >= 4 is 0 Å². The minimum Gasteiger partial charge on any atom is -0.435 e. The van der Waals surface area contributed by atoms with Crippen LogP contribution in [0.2, 0.25) is 0 Å². The monoisotopic (exact) mass is 298 g/mol. The number of benzene rings is 1. The van der Waals surface area contributed by atoms with Gasteiger partial charge < -0.3 is 10.1 Å². The summed E-state index contributed by atoms with van der Waals surface area (Å²) in [5.41, 5.74) is 1.07. The van der Waals surface area contributed by atoms with Crippen LogP contribution in [0.5, 0.6) is 5.75 Å². The van der Waals surface area contributed by atoms with Gasteiger partial charge in [-0.25, -0.2) is 0 Å². The lowest BCUT2D eigenvalue weighted by molar-refractivity contribution is -0.0498. The molecule has 0 aliphatic carbocycles. The lowest BCUT2D eigenvalue weighted by atomic mass is 10.1. The van der Waals surface area contributed by atoms with E-state index in [2.05, 4.69) is 28.8 Å².